The van der Waals surface area contributed by atoms with Crippen LogP contribution in [0.25, 0.3) is 11.0 Å². The van der Waals surface area contributed by atoms with E-state index in [1.165, 1.54) is 0 Å². The lowest BCUT2D eigenvalue weighted by molar-refractivity contribution is 0.00503. The van der Waals surface area contributed by atoms with Gasteiger partial charge in [0, 0.05) is 31.5 Å². The van der Waals surface area contributed by atoms with Crippen molar-refractivity contribution in [2.75, 3.05) is 12.3 Å². The predicted octanol–water partition coefficient (Wildman–Crippen LogP) is 2.68. The Morgan fingerprint density at radius 3 is 2.79 bits per heavy atom. The molecule has 1 unspecified atom stereocenters. The standard InChI is InChI=1S/C16H15F3N2O3/c17-9-3-10-12(22)5-13(24-14(10)11(20)4-9)15(23)21-7-8-1-2-16(18,19)6-8/h3-5,8H,1-2,6-7,20H2,(H,21,23). The van der Waals surface area contributed by atoms with Crippen LogP contribution >= 0.6 is 0 Å². The molecule has 1 aromatic heterocycles. The predicted molar refractivity (Wildman–Crippen MR) is 81.5 cm³/mol. The summed E-state index contributed by atoms with van der Waals surface area (Å²) < 4.78 is 44.8. The molecule has 0 bridgehead atoms. The maximum absolute atomic E-state index is 13.3. The number of amides is 1. The second kappa shape index (κ2) is 5.85. The van der Waals surface area contributed by atoms with Crippen LogP contribution in [0.2, 0.25) is 0 Å². The molecule has 2 aromatic rings. The maximum atomic E-state index is 13.3. The highest BCUT2D eigenvalue weighted by atomic mass is 19.3. The Morgan fingerprint density at radius 2 is 2.12 bits per heavy atom. The van der Waals surface area contributed by atoms with Gasteiger partial charge in [-0.25, -0.2) is 13.2 Å². The molecule has 1 aliphatic carbocycles. The summed E-state index contributed by atoms with van der Waals surface area (Å²) in [4.78, 5) is 24.1. The molecule has 3 N–H and O–H groups in total. The number of nitrogen functional groups attached to an aromatic ring is 1. The quantitative estimate of drug-likeness (QED) is 0.841. The van der Waals surface area contributed by atoms with Gasteiger partial charge in [0.2, 0.25) is 5.92 Å². The van der Waals surface area contributed by atoms with E-state index in [0.29, 0.717) is 6.42 Å². The van der Waals surface area contributed by atoms with Crippen molar-refractivity contribution in [3.05, 3.63) is 40.0 Å². The van der Waals surface area contributed by atoms with Crippen LogP contribution in [0.5, 0.6) is 0 Å². The Balaban J connectivity index is 1.79. The molecule has 3 rings (SSSR count). The highest BCUT2D eigenvalue weighted by Gasteiger charge is 2.39. The fourth-order valence-corrected chi connectivity index (χ4v) is 2.90. The van der Waals surface area contributed by atoms with E-state index in [1.807, 2.05) is 0 Å². The van der Waals surface area contributed by atoms with Crippen molar-refractivity contribution < 1.29 is 22.4 Å². The lowest BCUT2D eigenvalue weighted by atomic mass is 10.1. The van der Waals surface area contributed by atoms with Crippen molar-refractivity contribution in [2.24, 2.45) is 5.92 Å². The maximum Gasteiger partial charge on any atom is 0.287 e. The van der Waals surface area contributed by atoms with Crippen LogP contribution in [0.3, 0.4) is 0 Å². The van der Waals surface area contributed by atoms with E-state index in [4.69, 9.17) is 10.2 Å². The third kappa shape index (κ3) is 3.22. The Bertz CT molecular complexity index is 864. The van der Waals surface area contributed by atoms with Gasteiger partial charge < -0.3 is 15.5 Å². The van der Waals surface area contributed by atoms with Gasteiger partial charge in [0.25, 0.3) is 5.91 Å². The van der Waals surface area contributed by atoms with Crippen molar-refractivity contribution in [1.82, 2.24) is 5.32 Å². The second-order valence-electron chi connectivity index (χ2n) is 6.02. The Labute approximate surface area is 134 Å². The van der Waals surface area contributed by atoms with Gasteiger partial charge in [-0.15, -0.1) is 0 Å². The lowest BCUT2D eigenvalue weighted by Gasteiger charge is -2.12. The van der Waals surface area contributed by atoms with E-state index >= 15 is 0 Å². The van der Waals surface area contributed by atoms with E-state index in [0.717, 1.165) is 18.2 Å². The summed E-state index contributed by atoms with van der Waals surface area (Å²) in [7, 11) is 0. The number of hydrogen-bond donors (Lipinski definition) is 2. The SMILES string of the molecule is Nc1cc(F)cc2c(=O)cc(C(=O)NCC3CCC(F)(F)C3)oc12. The van der Waals surface area contributed by atoms with Crippen molar-refractivity contribution in [3.8, 4) is 0 Å². The molecule has 0 spiro atoms. The second-order valence-corrected chi connectivity index (χ2v) is 6.02. The number of nitrogens with two attached hydrogens (primary N) is 1. The number of carbonyl (C=O) groups is 1. The van der Waals surface area contributed by atoms with Crippen LogP contribution in [-0.4, -0.2) is 18.4 Å². The van der Waals surface area contributed by atoms with E-state index in [2.05, 4.69) is 5.32 Å². The van der Waals surface area contributed by atoms with Crippen LogP contribution in [0.1, 0.15) is 29.8 Å². The van der Waals surface area contributed by atoms with Gasteiger partial charge in [-0.2, -0.15) is 0 Å². The smallest absolute Gasteiger partial charge is 0.287 e. The van der Waals surface area contributed by atoms with Gasteiger partial charge in [-0.1, -0.05) is 0 Å². The van der Waals surface area contributed by atoms with Gasteiger partial charge in [0.15, 0.2) is 16.8 Å². The number of fused-ring (bicyclic) bond motifs is 1. The topological polar surface area (TPSA) is 85.3 Å². The summed E-state index contributed by atoms with van der Waals surface area (Å²) in [6, 6.07) is 2.88. The molecule has 128 valence electrons. The summed E-state index contributed by atoms with van der Waals surface area (Å²) in [6.45, 7) is 0.0646. The largest absolute Gasteiger partial charge is 0.448 e. The number of hydrogen-bond acceptors (Lipinski definition) is 4. The lowest BCUT2D eigenvalue weighted by Crippen LogP contribution is -2.29. The molecule has 1 aliphatic rings. The molecule has 1 amide bonds. The first-order valence-corrected chi connectivity index (χ1v) is 7.44. The van der Waals surface area contributed by atoms with Crippen molar-refractivity contribution in [2.45, 2.75) is 25.2 Å². The Kier molecular flexibility index (Phi) is 3.98. The van der Waals surface area contributed by atoms with Gasteiger partial charge in [-0.05, 0) is 18.4 Å². The average molecular weight is 340 g/mol. The van der Waals surface area contributed by atoms with Crippen molar-refractivity contribution >= 4 is 22.6 Å². The van der Waals surface area contributed by atoms with Crippen LogP contribution in [-0.2, 0) is 0 Å². The highest BCUT2D eigenvalue weighted by molar-refractivity contribution is 5.95. The normalized spacial score (nSPS) is 19.5. The molecule has 0 saturated heterocycles. The summed E-state index contributed by atoms with van der Waals surface area (Å²) in [5.41, 5.74) is 4.81. The number of alkyl halides is 2. The van der Waals surface area contributed by atoms with Gasteiger partial charge >= 0.3 is 0 Å². The molecule has 24 heavy (non-hydrogen) atoms. The Morgan fingerprint density at radius 1 is 1.38 bits per heavy atom. The molecule has 1 atom stereocenters. The number of benzene rings is 1. The van der Waals surface area contributed by atoms with Gasteiger partial charge in [0.05, 0.1) is 11.1 Å². The van der Waals surface area contributed by atoms with Gasteiger partial charge in [-0.3, -0.25) is 9.59 Å². The molecule has 1 heterocycles. The molecule has 1 aromatic carbocycles. The summed E-state index contributed by atoms with van der Waals surface area (Å²) in [6.07, 6.45) is -0.150. The minimum Gasteiger partial charge on any atom is -0.448 e. The number of nitrogens with one attached hydrogen (secondary N) is 1. The minimum atomic E-state index is -2.69. The third-order valence-corrected chi connectivity index (χ3v) is 4.10. The third-order valence-electron chi connectivity index (χ3n) is 4.10. The first kappa shape index (κ1) is 16.4. The van der Waals surface area contributed by atoms with Crippen molar-refractivity contribution in [3.63, 3.8) is 0 Å². The molecular formula is C16H15F3N2O3. The molecule has 8 heteroatoms. The number of rotatable bonds is 3. The average Bonchev–Trinajstić information content (AvgIpc) is 2.85. The van der Waals surface area contributed by atoms with E-state index in [9.17, 15) is 22.8 Å². The molecule has 1 fully saturated rings. The summed E-state index contributed by atoms with van der Waals surface area (Å²) in [5, 5.41) is 2.41. The molecule has 1 saturated carbocycles. The minimum absolute atomic E-state index is 0.0646. The number of carbonyl (C=O) groups excluding carboxylic acids is 1. The zero-order chi connectivity index (χ0) is 17.5. The van der Waals surface area contributed by atoms with Crippen molar-refractivity contribution in [1.29, 1.82) is 0 Å². The summed E-state index contributed by atoms with van der Waals surface area (Å²) in [5.74, 6) is -4.70. The number of anilines is 1. The van der Waals surface area contributed by atoms with Gasteiger partial charge in [0.1, 0.15) is 5.82 Å². The highest BCUT2D eigenvalue weighted by Crippen LogP contribution is 2.38. The first-order valence-electron chi connectivity index (χ1n) is 7.44. The van der Waals surface area contributed by atoms with Crippen LogP contribution in [0.4, 0.5) is 18.9 Å². The summed E-state index contributed by atoms with van der Waals surface area (Å²) >= 11 is 0. The molecule has 0 radical (unpaired) electrons. The van der Waals surface area contributed by atoms with Crippen LogP contribution in [0, 0.1) is 11.7 Å². The molecular weight excluding hydrogens is 325 g/mol. The van der Waals surface area contributed by atoms with E-state index in [1.54, 1.807) is 0 Å². The fraction of sp³-hybridized carbons (Fsp3) is 0.375. The zero-order valence-corrected chi connectivity index (χ0v) is 12.6. The zero-order valence-electron chi connectivity index (χ0n) is 12.6. The van der Waals surface area contributed by atoms with E-state index < -0.39 is 23.1 Å². The number of halogens is 3. The Hall–Kier alpha value is -2.51. The first-order chi connectivity index (χ1) is 11.2. The monoisotopic (exact) mass is 340 g/mol. The van der Waals surface area contributed by atoms with E-state index in [-0.39, 0.29) is 47.7 Å². The fourth-order valence-electron chi connectivity index (χ4n) is 2.90. The molecule has 5 nitrogen and oxygen atoms in total. The molecule has 0 aliphatic heterocycles. The van der Waals surface area contributed by atoms with Crippen LogP contribution in [0.15, 0.2) is 27.4 Å². The van der Waals surface area contributed by atoms with Crippen LogP contribution < -0.4 is 16.5 Å².